The predicted octanol–water partition coefficient (Wildman–Crippen LogP) is 1.75. The monoisotopic (exact) mass is 328 g/mol. The topological polar surface area (TPSA) is 50.1 Å². The highest BCUT2D eigenvalue weighted by Crippen LogP contribution is 2.17. The summed E-state index contributed by atoms with van der Waals surface area (Å²) in [5.41, 5.74) is 1.18. The first-order valence-electron chi connectivity index (χ1n) is 8.88. The number of pyridine rings is 1. The number of aromatic nitrogens is 4. The Labute approximate surface area is 144 Å². The molecule has 1 aliphatic rings. The Hall–Kier alpha value is -1.79. The van der Waals surface area contributed by atoms with E-state index in [0.717, 1.165) is 44.2 Å². The highest BCUT2D eigenvalue weighted by molar-refractivity contribution is 5.04. The van der Waals surface area contributed by atoms with E-state index in [4.69, 9.17) is 0 Å². The molecule has 1 fully saturated rings. The smallest absolute Gasteiger partial charge is 0.147 e. The van der Waals surface area contributed by atoms with Crippen molar-refractivity contribution in [1.29, 1.82) is 0 Å². The molecule has 2 aromatic rings. The van der Waals surface area contributed by atoms with E-state index in [1.165, 1.54) is 18.7 Å². The van der Waals surface area contributed by atoms with E-state index < -0.39 is 0 Å². The van der Waals surface area contributed by atoms with E-state index in [-0.39, 0.29) is 0 Å². The third-order valence-corrected chi connectivity index (χ3v) is 5.00. The summed E-state index contributed by atoms with van der Waals surface area (Å²) in [7, 11) is 2.21. The van der Waals surface area contributed by atoms with Crippen LogP contribution in [0.4, 0.5) is 0 Å². The van der Waals surface area contributed by atoms with Crippen LogP contribution in [-0.2, 0) is 19.5 Å². The van der Waals surface area contributed by atoms with Crippen molar-refractivity contribution in [2.24, 2.45) is 0 Å². The highest BCUT2D eigenvalue weighted by Gasteiger charge is 2.26. The zero-order valence-corrected chi connectivity index (χ0v) is 15.0. The molecule has 1 aliphatic heterocycles. The Balaban J connectivity index is 1.49. The van der Waals surface area contributed by atoms with Crippen molar-refractivity contribution in [2.75, 3.05) is 26.7 Å². The molecule has 0 aromatic carbocycles. The molecule has 0 N–H and O–H groups in total. The standard InChI is InChI=1S/C18H28N6/c1-4-24-15(2)20-21-18(24)14-22(3)17-9-12-23(13-17)11-8-16-7-5-6-10-19-16/h5-7,10,17H,4,8-9,11-14H2,1-3H3. The highest BCUT2D eigenvalue weighted by atomic mass is 15.3. The van der Waals surface area contributed by atoms with Crippen molar-refractivity contribution >= 4 is 0 Å². The van der Waals surface area contributed by atoms with Crippen LogP contribution in [0.25, 0.3) is 0 Å². The average molecular weight is 328 g/mol. The van der Waals surface area contributed by atoms with Crippen LogP contribution < -0.4 is 0 Å². The Bertz CT molecular complexity index is 638. The third kappa shape index (κ3) is 3.99. The SMILES string of the molecule is CCn1c(C)nnc1CN(C)C1CCN(CCc2ccccn2)C1. The summed E-state index contributed by atoms with van der Waals surface area (Å²) in [6.45, 7) is 9.36. The van der Waals surface area contributed by atoms with Gasteiger partial charge in [-0.25, -0.2) is 0 Å². The first-order valence-corrected chi connectivity index (χ1v) is 8.88. The molecule has 0 saturated carbocycles. The Kier molecular flexibility index (Phi) is 5.58. The number of hydrogen-bond acceptors (Lipinski definition) is 5. The molecule has 0 aliphatic carbocycles. The van der Waals surface area contributed by atoms with Crippen LogP contribution in [0, 0.1) is 6.92 Å². The number of rotatable bonds is 7. The van der Waals surface area contributed by atoms with Crippen molar-refractivity contribution in [1.82, 2.24) is 29.5 Å². The maximum atomic E-state index is 4.42. The van der Waals surface area contributed by atoms with Crippen molar-refractivity contribution in [3.05, 3.63) is 41.7 Å². The Morgan fingerprint density at radius 1 is 1.29 bits per heavy atom. The van der Waals surface area contributed by atoms with E-state index in [0.29, 0.717) is 6.04 Å². The van der Waals surface area contributed by atoms with Gasteiger partial charge in [-0.2, -0.15) is 0 Å². The molecule has 0 radical (unpaired) electrons. The second-order valence-electron chi connectivity index (χ2n) is 6.64. The molecule has 1 atom stereocenters. The lowest BCUT2D eigenvalue weighted by Crippen LogP contribution is -2.35. The molecule has 0 amide bonds. The van der Waals surface area contributed by atoms with Crippen LogP contribution in [0.5, 0.6) is 0 Å². The lowest BCUT2D eigenvalue weighted by molar-refractivity contribution is 0.218. The van der Waals surface area contributed by atoms with Gasteiger partial charge in [-0.05, 0) is 46.0 Å². The van der Waals surface area contributed by atoms with Crippen LogP contribution in [0.3, 0.4) is 0 Å². The van der Waals surface area contributed by atoms with Crippen molar-refractivity contribution in [2.45, 2.75) is 45.8 Å². The van der Waals surface area contributed by atoms with Gasteiger partial charge in [0.15, 0.2) is 0 Å². The maximum absolute atomic E-state index is 4.42. The number of likely N-dealkylation sites (tertiary alicyclic amines) is 1. The lowest BCUT2D eigenvalue weighted by Gasteiger charge is -2.24. The fraction of sp³-hybridized carbons (Fsp3) is 0.611. The maximum Gasteiger partial charge on any atom is 0.147 e. The second-order valence-corrected chi connectivity index (χ2v) is 6.64. The van der Waals surface area contributed by atoms with Gasteiger partial charge in [0.25, 0.3) is 0 Å². The summed E-state index contributed by atoms with van der Waals surface area (Å²) in [5, 5.41) is 8.56. The van der Waals surface area contributed by atoms with Gasteiger partial charge in [0, 0.05) is 44.0 Å². The molecule has 6 heteroatoms. The van der Waals surface area contributed by atoms with E-state index in [1.807, 2.05) is 19.2 Å². The molecule has 1 saturated heterocycles. The van der Waals surface area contributed by atoms with Crippen molar-refractivity contribution in [3.63, 3.8) is 0 Å². The summed E-state index contributed by atoms with van der Waals surface area (Å²) < 4.78 is 2.20. The van der Waals surface area contributed by atoms with Gasteiger partial charge in [0.2, 0.25) is 0 Å². The molecule has 6 nitrogen and oxygen atoms in total. The summed E-state index contributed by atoms with van der Waals surface area (Å²) >= 11 is 0. The van der Waals surface area contributed by atoms with Gasteiger partial charge in [-0.3, -0.25) is 9.88 Å². The van der Waals surface area contributed by atoms with E-state index >= 15 is 0 Å². The zero-order chi connectivity index (χ0) is 16.9. The number of nitrogens with zero attached hydrogens (tertiary/aromatic N) is 6. The van der Waals surface area contributed by atoms with Crippen LogP contribution in [0.15, 0.2) is 24.4 Å². The summed E-state index contributed by atoms with van der Waals surface area (Å²) in [6, 6.07) is 6.74. The fourth-order valence-electron chi connectivity index (χ4n) is 3.50. The van der Waals surface area contributed by atoms with Crippen molar-refractivity contribution in [3.8, 4) is 0 Å². The zero-order valence-electron chi connectivity index (χ0n) is 15.0. The van der Waals surface area contributed by atoms with Gasteiger partial charge in [0.05, 0.1) is 6.54 Å². The molecule has 130 valence electrons. The van der Waals surface area contributed by atoms with E-state index in [2.05, 4.69) is 55.7 Å². The third-order valence-electron chi connectivity index (χ3n) is 5.00. The predicted molar refractivity (Wildman–Crippen MR) is 94.7 cm³/mol. The van der Waals surface area contributed by atoms with E-state index in [1.54, 1.807) is 0 Å². The quantitative estimate of drug-likeness (QED) is 0.775. The van der Waals surface area contributed by atoms with Gasteiger partial charge in [-0.15, -0.1) is 10.2 Å². The molecular weight excluding hydrogens is 300 g/mol. The molecule has 3 heterocycles. The number of hydrogen-bond donors (Lipinski definition) is 0. The molecule has 24 heavy (non-hydrogen) atoms. The minimum Gasteiger partial charge on any atom is -0.314 e. The molecule has 2 aromatic heterocycles. The minimum absolute atomic E-state index is 0.594. The average Bonchev–Trinajstić information content (AvgIpc) is 3.21. The van der Waals surface area contributed by atoms with Crippen LogP contribution >= 0.6 is 0 Å². The van der Waals surface area contributed by atoms with Gasteiger partial charge >= 0.3 is 0 Å². The molecule has 0 bridgehead atoms. The Morgan fingerprint density at radius 3 is 2.92 bits per heavy atom. The lowest BCUT2D eigenvalue weighted by atomic mass is 10.2. The summed E-state index contributed by atoms with van der Waals surface area (Å²) in [4.78, 5) is 9.39. The molecular formula is C18H28N6. The van der Waals surface area contributed by atoms with Gasteiger partial charge < -0.3 is 9.47 Å². The largest absolute Gasteiger partial charge is 0.314 e. The van der Waals surface area contributed by atoms with Crippen molar-refractivity contribution < 1.29 is 0 Å². The van der Waals surface area contributed by atoms with Crippen LogP contribution in [0.1, 0.15) is 30.7 Å². The first-order chi connectivity index (χ1) is 11.7. The molecule has 1 unspecified atom stereocenters. The van der Waals surface area contributed by atoms with Crippen LogP contribution in [-0.4, -0.2) is 62.3 Å². The van der Waals surface area contributed by atoms with E-state index in [9.17, 15) is 0 Å². The number of aryl methyl sites for hydroxylation is 1. The normalized spacial score (nSPS) is 18.6. The van der Waals surface area contributed by atoms with Gasteiger partial charge in [0.1, 0.15) is 11.6 Å². The Morgan fingerprint density at radius 2 is 2.17 bits per heavy atom. The summed E-state index contributed by atoms with van der Waals surface area (Å²) in [5.74, 6) is 2.08. The van der Waals surface area contributed by atoms with Crippen LogP contribution in [0.2, 0.25) is 0 Å². The minimum atomic E-state index is 0.594. The van der Waals surface area contributed by atoms with Gasteiger partial charge in [-0.1, -0.05) is 6.07 Å². The molecule has 3 rings (SSSR count). The first kappa shape index (κ1) is 17.0. The fourth-order valence-corrected chi connectivity index (χ4v) is 3.50. The molecule has 0 spiro atoms. The second kappa shape index (κ2) is 7.85. The number of likely N-dealkylation sites (N-methyl/N-ethyl adjacent to an activating group) is 1. The summed E-state index contributed by atoms with van der Waals surface area (Å²) in [6.07, 6.45) is 4.13.